The van der Waals surface area contributed by atoms with Crippen molar-refractivity contribution < 1.29 is 4.42 Å². The van der Waals surface area contributed by atoms with E-state index in [1.54, 1.807) is 0 Å². The summed E-state index contributed by atoms with van der Waals surface area (Å²) in [5.41, 5.74) is 0.740. The zero-order valence-corrected chi connectivity index (χ0v) is 9.87. The molecular weight excluding hydrogens is 222 g/mol. The molecule has 4 nitrogen and oxygen atoms in total. The van der Waals surface area contributed by atoms with Crippen LogP contribution in [-0.2, 0) is 0 Å². The Bertz CT molecular complexity index is 453. The molecule has 0 unspecified atom stereocenters. The van der Waals surface area contributed by atoms with E-state index in [4.69, 9.17) is 4.42 Å². The SMILES string of the molecule is Cc1ccc(-c2ccc(NCCS)nn2)o1. The van der Waals surface area contributed by atoms with E-state index in [9.17, 15) is 0 Å². The molecule has 0 aliphatic carbocycles. The summed E-state index contributed by atoms with van der Waals surface area (Å²) >= 11 is 4.11. The van der Waals surface area contributed by atoms with Gasteiger partial charge < -0.3 is 9.73 Å². The Morgan fingerprint density at radius 2 is 2.12 bits per heavy atom. The topological polar surface area (TPSA) is 51.0 Å². The maximum Gasteiger partial charge on any atom is 0.154 e. The number of hydrogen-bond donors (Lipinski definition) is 2. The van der Waals surface area contributed by atoms with Crippen LogP contribution in [0.25, 0.3) is 11.5 Å². The van der Waals surface area contributed by atoms with Crippen LogP contribution in [0, 0.1) is 6.92 Å². The van der Waals surface area contributed by atoms with E-state index in [1.807, 2.05) is 31.2 Å². The third-order valence-corrected chi connectivity index (χ3v) is 2.30. The first-order valence-corrected chi connectivity index (χ1v) is 5.68. The molecule has 0 aliphatic rings. The van der Waals surface area contributed by atoms with Crippen molar-refractivity contribution in [3.63, 3.8) is 0 Å². The summed E-state index contributed by atoms with van der Waals surface area (Å²) in [5.74, 6) is 3.13. The van der Waals surface area contributed by atoms with Crippen molar-refractivity contribution in [3.05, 3.63) is 30.0 Å². The fourth-order valence-corrected chi connectivity index (χ4v) is 1.43. The summed E-state index contributed by atoms with van der Waals surface area (Å²) < 4.78 is 5.46. The molecule has 0 aliphatic heterocycles. The Kier molecular flexibility index (Phi) is 3.46. The zero-order chi connectivity index (χ0) is 11.4. The molecule has 0 amide bonds. The fourth-order valence-electron chi connectivity index (χ4n) is 1.31. The van der Waals surface area contributed by atoms with Crippen LogP contribution in [0.3, 0.4) is 0 Å². The van der Waals surface area contributed by atoms with Crippen molar-refractivity contribution in [2.75, 3.05) is 17.6 Å². The van der Waals surface area contributed by atoms with Gasteiger partial charge in [0.15, 0.2) is 5.76 Å². The number of furan rings is 1. The first kappa shape index (κ1) is 11.0. The van der Waals surface area contributed by atoms with Crippen LogP contribution in [0.1, 0.15) is 5.76 Å². The number of aryl methyl sites for hydroxylation is 1. The van der Waals surface area contributed by atoms with Crippen molar-refractivity contribution in [2.45, 2.75) is 6.92 Å². The van der Waals surface area contributed by atoms with Gasteiger partial charge in [-0.25, -0.2) is 0 Å². The van der Waals surface area contributed by atoms with Crippen molar-refractivity contribution in [3.8, 4) is 11.5 Å². The maximum absolute atomic E-state index is 5.46. The standard InChI is InChI=1S/C11H13N3OS/c1-8-2-4-10(15-8)9-3-5-11(14-13-9)12-6-7-16/h2-5,16H,6-7H2,1H3,(H,12,14). The second kappa shape index (κ2) is 5.03. The molecule has 0 fully saturated rings. The molecule has 0 spiro atoms. The first-order valence-electron chi connectivity index (χ1n) is 5.05. The Balaban J connectivity index is 2.13. The van der Waals surface area contributed by atoms with Crippen LogP contribution in [0.2, 0.25) is 0 Å². The van der Waals surface area contributed by atoms with Gasteiger partial charge in [0.25, 0.3) is 0 Å². The van der Waals surface area contributed by atoms with Gasteiger partial charge in [0, 0.05) is 12.3 Å². The molecule has 0 bridgehead atoms. The minimum Gasteiger partial charge on any atom is -0.460 e. The van der Waals surface area contributed by atoms with Crippen LogP contribution in [0.4, 0.5) is 5.82 Å². The monoisotopic (exact) mass is 235 g/mol. The molecule has 0 atom stereocenters. The minimum atomic E-state index is 0.740. The van der Waals surface area contributed by atoms with Gasteiger partial charge in [-0.2, -0.15) is 12.6 Å². The quantitative estimate of drug-likeness (QED) is 0.799. The van der Waals surface area contributed by atoms with Crippen LogP contribution in [0.15, 0.2) is 28.7 Å². The lowest BCUT2D eigenvalue weighted by Gasteiger charge is -2.02. The molecule has 5 heteroatoms. The van der Waals surface area contributed by atoms with E-state index in [1.165, 1.54) is 0 Å². The van der Waals surface area contributed by atoms with E-state index < -0.39 is 0 Å². The average molecular weight is 235 g/mol. The van der Waals surface area contributed by atoms with E-state index in [2.05, 4.69) is 28.1 Å². The maximum atomic E-state index is 5.46. The number of anilines is 1. The van der Waals surface area contributed by atoms with Gasteiger partial charge >= 0.3 is 0 Å². The van der Waals surface area contributed by atoms with Gasteiger partial charge in [0.2, 0.25) is 0 Å². The van der Waals surface area contributed by atoms with E-state index >= 15 is 0 Å². The Morgan fingerprint density at radius 1 is 1.25 bits per heavy atom. The van der Waals surface area contributed by atoms with Gasteiger partial charge in [0.1, 0.15) is 17.3 Å². The number of aromatic nitrogens is 2. The van der Waals surface area contributed by atoms with Gasteiger partial charge in [-0.1, -0.05) is 0 Å². The van der Waals surface area contributed by atoms with Gasteiger partial charge in [-0.15, -0.1) is 10.2 Å². The molecule has 0 saturated carbocycles. The first-order chi connectivity index (χ1) is 7.79. The lowest BCUT2D eigenvalue weighted by Crippen LogP contribution is -2.04. The Labute approximate surface area is 99.5 Å². The summed E-state index contributed by atoms with van der Waals surface area (Å²) in [6.07, 6.45) is 0. The molecule has 2 aromatic heterocycles. The Morgan fingerprint density at radius 3 is 2.69 bits per heavy atom. The van der Waals surface area contributed by atoms with Crippen molar-refractivity contribution in [1.29, 1.82) is 0 Å². The molecule has 2 heterocycles. The highest BCUT2D eigenvalue weighted by Crippen LogP contribution is 2.19. The van der Waals surface area contributed by atoms with Gasteiger partial charge in [-0.05, 0) is 31.2 Å². The molecule has 16 heavy (non-hydrogen) atoms. The number of nitrogens with one attached hydrogen (secondary N) is 1. The largest absolute Gasteiger partial charge is 0.460 e. The summed E-state index contributed by atoms with van der Waals surface area (Å²) in [7, 11) is 0. The lowest BCUT2D eigenvalue weighted by molar-refractivity contribution is 0.545. The zero-order valence-electron chi connectivity index (χ0n) is 8.97. The van der Waals surface area contributed by atoms with E-state index in [0.717, 1.165) is 35.3 Å². The molecule has 1 N–H and O–H groups in total. The highest BCUT2D eigenvalue weighted by molar-refractivity contribution is 7.80. The van der Waals surface area contributed by atoms with Gasteiger partial charge in [-0.3, -0.25) is 0 Å². The van der Waals surface area contributed by atoms with Crippen LogP contribution < -0.4 is 5.32 Å². The van der Waals surface area contributed by atoms with Crippen LogP contribution >= 0.6 is 12.6 Å². The average Bonchev–Trinajstić information content (AvgIpc) is 2.74. The van der Waals surface area contributed by atoms with E-state index in [0.29, 0.717) is 0 Å². The highest BCUT2D eigenvalue weighted by atomic mass is 32.1. The normalized spacial score (nSPS) is 10.4. The summed E-state index contributed by atoms with van der Waals surface area (Å²) in [6, 6.07) is 7.56. The van der Waals surface area contributed by atoms with Crippen molar-refractivity contribution >= 4 is 18.4 Å². The number of thiol groups is 1. The second-order valence-electron chi connectivity index (χ2n) is 3.36. The smallest absolute Gasteiger partial charge is 0.154 e. The predicted molar refractivity (Wildman–Crippen MR) is 66.8 cm³/mol. The third kappa shape index (κ3) is 2.55. The fraction of sp³-hybridized carbons (Fsp3) is 0.273. The third-order valence-electron chi connectivity index (χ3n) is 2.08. The van der Waals surface area contributed by atoms with Crippen molar-refractivity contribution in [1.82, 2.24) is 10.2 Å². The molecular formula is C11H13N3OS. The number of rotatable bonds is 4. The molecule has 0 radical (unpaired) electrons. The lowest BCUT2D eigenvalue weighted by atomic mass is 10.3. The van der Waals surface area contributed by atoms with Crippen molar-refractivity contribution in [2.24, 2.45) is 0 Å². The molecule has 2 rings (SSSR count). The predicted octanol–water partition coefficient (Wildman–Crippen LogP) is 2.39. The molecule has 0 saturated heterocycles. The highest BCUT2D eigenvalue weighted by Gasteiger charge is 2.04. The van der Waals surface area contributed by atoms with E-state index in [-0.39, 0.29) is 0 Å². The summed E-state index contributed by atoms with van der Waals surface area (Å²) in [4.78, 5) is 0. The van der Waals surface area contributed by atoms with Gasteiger partial charge in [0.05, 0.1) is 0 Å². The second-order valence-corrected chi connectivity index (χ2v) is 3.81. The molecule has 84 valence electrons. The summed E-state index contributed by atoms with van der Waals surface area (Å²) in [6.45, 7) is 2.68. The molecule has 0 aromatic carbocycles. The number of nitrogens with zero attached hydrogens (tertiary/aromatic N) is 2. The minimum absolute atomic E-state index is 0.740. The van der Waals surface area contributed by atoms with Crippen LogP contribution in [0.5, 0.6) is 0 Å². The van der Waals surface area contributed by atoms with Crippen LogP contribution in [-0.4, -0.2) is 22.5 Å². The Hall–Kier alpha value is -1.49. The molecule has 2 aromatic rings. The summed E-state index contributed by atoms with van der Waals surface area (Å²) in [5, 5.41) is 11.2. The number of hydrogen-bond acceptors (Lipinski definition) is 5.